The molecule has 0 bridgehead atoms. The van der Waals surface area contributed by atoms with Crippen molar-refractivity contribution in [2.24, 2.45) is 0 Å². The standard InChI is InChI=1S/C18H18N2O2/c1-2-11-20-15-9-12-22-17(15)13-16(20)18(21)19-10-8-14-6-4-3-5-7-14/h2-7,9,12-13H,1,8,10-11H2,(H,19,21). The lowest BCUT2D eigenvalue weighted by molar-refractivity contribution is 0.0946. The van der Waals surface area contributed by atoms with Crippen molar-refractivity contribution in [3.63, 3.8) is 0 Å². The number of rotatable bonds is 6. The van der Waals surface area contributed by atoms with Crippen LogP contribution < -0.4 is 5.32 Å². The molecule has 4 nitrogen and oxygen atoms in total. The van der Waals surface area contributed by atoms with Gasteiger partial charge in [0.2, 0.25) is 0 Å². The number of nitrogens with zero attached hydrogens (tertiary/aromatic N) is 1. The Hall–Kier alpha value is -2.75. The number of allylic oxidation sites excluding steroid dienone is 1. The zero-order chi connectivity index (χ0) is 15.4. The highest BCUT2D eigenvalue weighted by atomic mass is 16.3. The minimum Gasteiger partial charge on any atom is -0.463 e. The van der Waals surface area contributed by atoms with Crippen LogP contribution in [0.2, 0.25) is 0 Å². The summed E-state index contributed by atoms with van der Waals surface area (Å²) in [7, 11) is 0. The molecule has 1 amide bonds. The first-order chi connectivity index (χ1) is 10.8. The third kappa shape index (κ3) is 2.81. The average molecular weight is 294 g/mol. The number of carbonyl (C=O) groups excluding carboxylic acids is 1. The summed E-state index contributed by atoms with van der Waals surface area (Å²) in [5.74, 6) is -0.0934. The van der Waals surface area contributed by atoms with Crippen LogP contribution in [-0.2, 0) is 13.0 Å². The summed E-state index contributed by atoms with van der Waals surface area (Å²) in [4.78, 5) is 12.4. The molecule has 0 aliphatic heterocycles. The van der Waals surface area contributed by atoms with E-state index in [1.807, 2.05) is 28.8 Å². The van der Waals surface area contributed by atoms with E-state index in [1.54, 1.807) is 18.4 Å². The summed E-state index contributed by atoms with van der Waals surface area (Å²) in [6, 6.07) is 13.7. The van der Waals surface area contributed by atoms with Gasteiger partial charge in [-0.1, -0.05) is 36.4 Å². The van der Waals surface area contributed by atoms with Crippen LogP contribution in [0.5, 0.6) is 0 Å². The number of hydrogen-bond acceptors (Lipinski definition) is 2. The number of carbonyl (C=O) groups is 1. The molecule has 2 aromatic heterocycles. The van der Waals surface area contributed by atoms with Gasteiger partial charge >= 0.3 is 0 Å². The number of benzene rings is 1. The molecule has 3 aromatic rings. The highest BCUT2D eigenvalue weighted by Gasteiger charge is 2.16. The summed E-state index contributed by atoms with van der Waals surface area (Å²) in [5.41, 5.74) is 3.43. The molecular weight excluding hydrogens is 276 g/mol. The number of furan rings is 1. The summed E-state index contributed by atoms with van der Waals surface area (Å²) in [6.45, 7) is 4.92. The summed E-state index contributed by atoms with van der Waals surface area (Å²) < 4.78 is 7.28. The van der Waals surface area contributed by atoms with Crippen molar-refractivity contribution in [2.75, 3.05) is 6.54 Å². The van der Waals surface area contributed by atoms with Gasteiger partial charge in [-0.25, -0.2) is 0 Å². The number of nitrogens with one attached hydrogen (secondary N) is 1. The van der Waals surface area contributed by atoms with Crippen molar-refractivity contribution >= 4 is 17.0 Å². The Bertz CT molecular complexity index is 784. The van der Waals surface area contributed by atoms with Crippen LogP contribution >= 0.6 is 0 Å². The molecule has 4 heteroatoms. The van der Waals surface area contributed by atoms with E-state index >= 15 is 0 Å². The quantitative estimate of drug-likeness (QED) is 0.708. The predicted octanol–water partition coefficient (Wildman–Crippen LogP) is 3.39. The molecule has 1 N–H and O–H groups in total. The molecule has 0 saturated carbocycles. The number of hydrogen-bond donors (Lipinski definition) is 1. The first kappa shape index (κ1) is 14.2. The van der Waals surface area contributed by atoms with Crippen LogP contribution in [0.1, 0.15) is 16.1 Å². The van der Waals surface area contributed by atoms with Crippen molar-refractivity contribution in [2.45, 2.75) is 13.0 Å². The van der Waals surface area contributed by atoms with Gasteiger partial charge in [-0.05, 0) is 12.0 Å². The van der Waals surface area contributed by atoms with Gasteiger partial charge in [0, 0.05) is 25.2 Å². The van der Waals surface area contributed by atoms with E-state index in [1.165, 1.54) is 5.56 Å². The normalized spacial score (nSPS) is 10.7. The second kappa shape index (κ2) is 6.35. The maximum absolute atomic E-state index is 12.4. The summed E-state index contributed by atoms with van der Waals surface area (Å²) in [6.07, 6.45) is 4.21. The lowest BCUT2D eigenvalue weighted by Gasteiger charge is -2.08. The van der Waals surface area contributed by atoms with E-state index in [0.717, 1.165) is 17.5 Å². The second-order valence-electron chi connectivity index (χ2n) is 5.09. The number of amides is 1. The van der Waals surface area contributed by atoms with Gasteiger partial charge in [0.15, 0.2) is 5.58 Å². The lowest BCUT2D eigenvalue weighted by atomic mass is 10.1. The third-order valence-corrected chi connectivity index (χ3v) is 3.61. The zero-order valence-electron chi connectivity index (χ0n) is 12.3. The van der Waals surface area contributed by atoms with Crippen molar-refractivity contribution in [3.05, 3.63) is 72.6 Å². The molecule has 0 fully saturated rings. The monoisotopic (exact) mass is 294 g/mol. The van der Waals surface area contributed by atoms with Gasteiger partial charge in [0.05, 0.1) is 11.8 Å². The molecule has 0 aliphatic rings. The Morgan fingerprint density at radius 1 is 1.27 bits per heavy atom. The van der Waals surface area contributed by atoms with Gasteiger partial charge in [-0.3, -0.25) is 4.79 Å². The van der Waals surface area contributed by atoms with E-state index < -0.39 is 0 Å². The number of aromatic nitrogens is 1. The number of fused-ring (bicyclic) bond motifs is 1. The van der Waals surface area contributed by atoms with Crippen LogP contribution in [0.3, 0.4) is 0 Å². The minimum absolute atomic E-state index is 0.0934. The Morgan fingerprint density at radius 2 is 2.09 bits per heavy atom. The SMILES string of the molecule is C=CCn1c(C(=O)NCCc2ccccc2)cc2occc21. The molecule has 0 unspecified atom stereocenters. The second-order valence-corrected chi connectivity index (χ2v) is 5.09. The topological polar surface area (TPSA) is 47.2 Å². The Balaban J connectivity index is 1.70. The first-order valence-electron chi connectivity index (χ1n) is 7.29. The molecule has 22 heavy (non-hydrogen) atoms. The van der Waals surface area contributed by atoms with Crippen molar-refractivity contribution in [1.29, 1.82) is 0 Å². The Morgan fingerprint density at radius 3 is 2.86 bits per heavy atom. The van der Waals surface area contributed by atoms with E-state index in [-0.39, 0.29) is 5.91 Å². The van der Waals surface area contributed by atoms with Crippen LogP contribution in [0, 0.1) is 0 Å². The van der Waals surface area contributed by atoms with E-state index in [4.69, 9.17) is 4.42 Å². The van der Waals surface area contributed by atoms with Gasteiger partial charge in [-0.2, -0.15) is 0 Å². The maximum atomic E-state index is 12.4. The molecular formula is C18H18N2O2. The van der Waals surface area contributed by atoms with E-state index in [9.17, 15) is 4.79 Å². The maximum Gasteiger partial charge on any atom is 0.268 e. The molecule has 0 atom stereocenters. The third-order valence-electron chi connectivity index (χ3n) is 3.61. The van der Waals surface area contributed by atoms with Gasteiger partial charge in [0.25, 0.3) is 5.91 Å². The minimum atomic E-state index is -0.0934. The zero-order valence-corrected chi connectivity index (χ0v) is 12.3. The molecule has 0 aliphatic carbocycles. The fourth-order valence-corrected chi connectivity index (χ4v) is 2.55. The lowest BCUT2D eigenvalue weighted by Crippen LogP contribution is -2.27. The van der Waals surface area contributed by atoms with Gasteiger partial charge in [0.1, 0.15) is 5.69 Å². The molecule has 1 aromatic carbocycles. The predicted molar refractivity (Wildman–Crippen MR) is 86.9 cm³/mol. The molecule has 0 spiro atoms. The Labute approximate surface area is 129 Å². The summed E-state index contributed by atoms with van der Waals surface area (Å²) in [5, 5.41) is 2.96. The fraction of sp³-hybridized carbons (Fsp3) is 0.167. The van der Waals surface area contributed by atoms with E-state index in [0.29, 0.717) is 18.8 Å². The molecule has 2 heterocycles. The van der Waals surface area contributed by atoms with Crippen molar-refractivity contribution < 1.29 is 9.21 Å². The van der Waals surface area contributed by atoms with Crippen LogP contribution in [0.25, 0.3) is 11.1 Å². The molecule has 112 valence electrons. The highest BCUT2D eigenvalue weighted by molar-refractivity contribution is 5.97. The largest absolute Gasteiger partial charge is 0.463 e. The molecule has 3 rings (SSSR count). The van der Waals surface area contributed by atoms with E-state index in [2.05, 4.69) is 24.0 Å². The van der Waals surface area contributed by atoms with Gasteiger partial charge < -0.3 is 14.3 Å². The van der Waals surface area contributed by atoms with Crippen LogP contribution in [-0.4, -0.2) is 17.0 Å². The molecule has 0 saturated heterocycles. The van der Waals surface area contributed by atoms with Crippen LogP contribution in [0.15, 0.2) is 65.8 Å². The van der Waals surface area contributed by atoms with Crippen LogP contribution in [0.4, 0.5) is 0 Å². The fourth-order valence-electron chi connectivity index (χ4n) is 2.55. The molecule has 0 radical (unpaired) electrons. The summed E-state index contributed by atoms with van der Waals surface area (Å²) >= 11 is 0. The van der Waals surface area contributed by atoms with Gasteiger partial charge in [-0.15, -0.1) is 6.58 Å². The highest BCUT2D eigenvalue weighted by Crippen LogP contribution is 2.21. The Kier molecular flexibility index (Phi) is 4.10. The first-order valence-corrected chi connectivity index (χ1v) is 7.29. The van der Waals surface area contributed by atoms with Crippen molar-refractivity contribution in [1.82, 2.24) is 9.88 Å². The van der Waals surface area contributed by atoms with Crippen molar-refractivity contribution in [3.8, 4) is 0 Å². The smallest absolute Gasteiger partial charge is 0.268 e. The average Bonchev–Trinajstić information content (AvgIpc) is 3.11.